The highest BCUT2D eigenvalue weighted by Gasteiger charge is 2.22. The van der Waals surface area contributed by atoms with Crippen molar-refractivity contribution in [3.05, 3.63) is 72.8 Å². The van der Waals surface area contributed by atoms with Crippen LogP contribution in [0, 0.1) is 5.92 Å². The van der Waals surface area contributed by atoms with E-state index in [0.717, 1.165) is 60.2 Å². The molecule has 1 aliphatic rings. The summed E-state index contributed by atoms with van der Waals surface area (Å²) in [5, 5.41) is 8.36. The predicted molar refractivity (Wildman–Crippen MR) is 139 cm³/mol. The summed E-state index contributed by atoms with van der Waals surface area (Å²) in [5.74, 6) is 2.42. The van der Waals surface area contributed by atoms with Crippen LogP contribution in [0.5, 0.6) is 0 Å². The Labute approximate surface area is 201 Å². The summed E-state index contributed by atoms with van der Waals surface area (Å²) in [4.78, 5) is 15.7. The van der Waals surface area contributed by atoms with E-state index in [1.807, 2.05) is 43.3 Å². The van der Waals surface area contributed by atoms with Crippen molar-refractivity contribution in [1.29, 1.82) is 0 Å². The largest absolute Gasteiger partial charge is 0.362 e. The Morgan fingerprint density at radius 2 is 1.76 bits per heavy atom. The molecule has 0 bridgehead atoms. The fourth-order valence-corrected chi connectivity index (χ4v) is 4.78. The monoisotopic (exact) mass is 455 g/mol. The molecule has 7 nitrogen and oxygen atoms in total. The Balaban J connectivity index is 1.10. The van der Waals surface area contributed by atoms with E-state index in [9.17, 15) is 0 Å². The normalized spacial score (nSPS) is 18.2. The summed E-state index contributed by atoms with van der Waals surface area (Å²) in [6.07, 6.45) is 10.3. The number of hydrogen-bond acceptors (Lipinski definition) is 6. The number of para-hydroxylation sites is 1. The van der Waals surface area contributed by atoms with Gasteiger partial charge in [0.1, 0.15) is 5.82 Å². The molecule has 0 atom stereocenters. The highest BCUT2D eigenvalue weighted by atomic mass is 15.2. The molecule has 0 amide bonds. The third kappa shape index (κ3) is 5.20. The van der Waals surface area contributed by atoms with Gasteiger partial charge in [-0.15, -0.1) is 0 Å². The molecule has 0 aliphatic heterocycles. The Morgan fingerprint density at radius 3 is 2.50 bits per heavy atom. The number of rotatable bonds is 8. The van der Waals surface area contributed by atoms with Crippen LogP contribution in [0.25, 0.3) is 16.6 Å². The highest BCUT2D eigenvalue weighted by molar-refractivity contribution is 5.90. The first-order chi connectivity index (χ1) is 16.7. The zero-order chi connectivity index (χ0) is 23.3. The van der Waals surface area contributed by atoms with E-state index in [2.05, 4.69) is 56.9 Å². The van der Waals surface area contributed by atoms with Crippen LogP contribution in [0.2, 0.25) is 0 Å². The molecule has 7 heteroatoms. The first-order valence-corrected chi connectivity index (χ1v) is 12.1. The van der Waals surface area contributed by atoms with Gasteiger partial charge in [-0.2, -0.15) is 4.98 Å². The SMILES string of the molecule is CN(C)c1nc(N[C@H]2CC[C@@H](CNCc3ccc(-n4ccnc4)cc3)CC2)nc2ccccc12. The topological polar surface area (TPSA) is 70.9 Å². The fraction of sp³-hybridized carbons (Fsp3) is 0.370. The third-order valence-electron chi connectivity index (χ3n) is 6.69. The molecule has 0 saturated heterocycles. The van der Waals surface area contributed by atoms with Crippen LogP contribution in [0.3, 0.4) is 0 Å². The number of anilines is 2. The lowest BCUT2D eigenvalue weighted by molar-refractivity contribution is 0.324. The van der Waals surface area contributed by atoms with Crippen molar-refractivity contribution >= 4 is 22.7 Å². The lowest BCUT2D eigenvalue weighted by atomic mass is 9.86. The molecule has 2 heterocycles. The van der Waals surface area contributed by atoms with Crippen LogP contribution >= 0.6 is 0 Å². The van der Waals surface area contributed by atoms with Gasteiger partial charge in [-0.25, -0.2) is 9.97 Å². The first kappa shape index (κ1) is 22.3. The van der Waals surface area contributed by atoms with Gasteiger partial charge in [0.2, 0.25) is 5.95 Å². The average Bonchev–Trinajstić information content (AvgIpc) is 3.40. The second-order valence-corrected chi connectivity index (χ2v) is 9.41. The average molecular weight is 456 g/mol. The van der Waals surface area contributed by atoms with Crippen molar-refractivity contribution in [1.82, 2.24) is 24.8 Å². The molecule has 4 aromatic rings. The van der Waals surface area contributed by atoms with Gasteiger partial charge >= 0.3 is 0 Å². The van der Waals surface area contributed by atoms with Gasteiger partial charge < -0.3 is 20.1 Å². The quantitative estimate of drug-likeness (QED) is 0.403. The van der Waals surface area contributed by atoms with Crippen molar-refractivity contribution in [3.63, 3.8) is 0 Å². The number of nitrogens with zero attached hydrogens (tertiary/aromatic N) is 5. The highest BCUT2D eigenvalue weighted by Crippen LogP contribution is 2.28. The molecule has 1 fully saturated rings. The first-order valence-electron chi connectivity index (χ1n) is 12.1. The summed E-state index contributed by atoms with van der Waals surface area (Å²) >= 11 is 0. The maximum Gasteiger partial charge on any atom is 0.225 e. The van der Waals surface area contributed by atoms with Gasteiger partial charge in [0, 0.05) is 50.1 Å². The second kappa shape index (κ2) is 10.2. The summed E-state index contributed by atoms with van der Waals surface area (Å²) < 4.78 is 2.02. The van der Waals surface area contributed by atoms with Crippen LogP contribution in [0.15, 0.2) is 67.3 Å². The lowest BCUT2D eigenvalue weighted by Crippen LogP contribution is -2.31. The number of aromatic nitrogens is 4. The maximum atomic E-state index is 4.81. The van der Waals surface area contributed by atoms with Crippen molar-refractivity contribution in [2.24, 2.45) is 5.92 Å². The van der Waals surface area contributed by atoms with Gasteiger partial charge in [-0.05, 0) is 68.0 Å². The van der Waals surface area contributed by atoms with Crippen molar-refractivity contribution < 1.29 is 0 Å². The number of fused-ring (bicyclic) bond motifs is 1. The van der Waals surface area contributed by atoms with E-state index in [1.165, 1.54) is 18.4 Å². The lowest BCUT2D eigenvalue weighted by Gasteiger charge is -2.29. The van der Waals surface area contributed by atoms with E-state index >= 15 is 0 Å². The smallest absolute Gasteiger partial charge is 0.225 e. The molecular weight excluding hydrogens is 422 g/mol. The van der Waals surface area contributed by atoms with Gasteiger partial charge in [-0.3, -0.25) is 0 Å². The molecule has 5 rings (SSSR count). The summed E-state index contributed by atoms with van der Waals surface area (Å²) in [7, 11) is 4.07. The Bertz CT molecular complexity index is 1190. The number of imidazole rings is 1. The van der Waals surface area contributed by atoms with Crippen molar-refractivity contribution in [2.75, 3.05) is 30.9 Å². The van der Waals surface area contributed by atoms with Crippen molar-refractivity contribution in [3.8, 4) is 5.69 Å². The summed E-state index contributed by atoms with van der Waals surface area (Å²) in [6.45, 7) is 1.97. The van der Waals surface area contributed by atoms with Crippen LogP contribution in [0.4, 0.5) is 11.8 Å². The van der Waals surface area contributed by atoms with Gasteiger partial charge in [-0.1, -0.05) is 24.3 Å². The van der Waals surface area contributed by atoms with Gasteiger partial charge in [0.05, 0.1) is 11.8 Å². The molecule has 0 unspecified atom stereocenters. The summed E-state index contributed by atoms with van der Waals surface area (Å²) in [5.41, 5.74) is 3.43. The number of benzene rings is 2. The van der Waals surface area contributed by atoms with Gasteiger partial charge in [0.15, 0.2) is 0 Å². The van der Waals surface area contributed by atoms with E-state index in [-0.39, 0.29) is 0 Å². The molecule has 34 heavy (non-hydrogen) atoms. The fourth-order valence-electron chi connectivity index (χ4n) is 4.78. The van der Waals surface area contributed by atoms with Gasteiger partial charge in [0.25, 0.3) is 0 Å². The Morgan fingerprint density at radius 1 is 0.971 bits per heavy atom. The number of nitrogens with one attached hydrogen (secondary N) is 2. The van der Waals surface area contributed by atoms with E-state index in [0.29, 0.717) is 6.04 Å². The Kier molecular flexibility index (Phi) is 6.72. The Hall–Kier alpha value is -3.45. The van der Waals surface area contributed by atoms with E-state index < -0.39 is 0 Å². The molecule has 0 spiro atoms. The standard InChI is InChI=1S/C27H33N7/c1-33(2)26-24-5-3-4-6-25(24)31-27(32-26)30-22-11-7-20(8-12-22)17-29-18-21-9-13-23(14-10-21)34-16-15-28-19-34/h3-6,9-10,13-16,19-20,22,29H,7-8,11-12,17-18H2,1-2H3,(H,30,31,32)/t20-,22+. The maximum absolute atomic E-state index is 4.81. The summed E-state index contributed by atoms with van der Waals surface area (Å²) in [6, 6.07) is 17.3. The minimum Gasteiger partial charge on any atom is -0.362 e. The zero-order valence-electron chi connectivity index (χ0n) is 20.0. The third-order valence-corrected chi connectivity index (χ3v) is 6.69. The molecule has 1 aliphatic carbocycles. The molecule has 176 valence electrons. The second-order valence-electron chi connectivity index (χ2n) is 9.41. The molecule has 2 N–H and O–H groups in total. The molecule has 2 aromatic heterocycles. The number of hydrogen-bond donors (Lipinski definition) is 2. The van der Waals surface area contributed by atoms with Crippen LogP contribution < -0.4 is 15.5 Å². The van der Waals surface area contributed by atoms with Crippen LogP contribution in [-0.4, -0.2) is 46.2 Å². The minimum atomic E-state index is 0.433. The van der Waals surface area contributed by atoms with E-state index in [4.69, 9.17) is 9.97 Å². The molecule has 0 radical (unpaired) electrons. The molecule has 1 saturated carbocycles. The minimum absolute atomic E-state index is 0.433. The zero-order valence-corrected chi connectivity index (χ0v) is 20.0. The predicted octanol–water partition coefficient (Wildman–Crippen LogP) is 4.64. The molecule has 2 aromatic carbocycles. The van der Waals surface area contributed by atoms with Crippen molar-refractivity contribution in [2.45, 2.75) is 38.3 Å². The van der Waals surface area contributed by atoms with Crippen LogP contribution in [0.1, 0.15) is 31.2 Å². The van der Waals surface area contributed by atoms with Crippen LogP contribution in [-0.2, 0) is 6.54 Å². The van der Waals surface area contributed by atoms with E-state index in [1.54, 1.807) is 6.20 Å². The molecular formula is C27H33N7.